The number of carbonyl (C=O) groups excluding carboxylic acids is 1. The zero-order chi connectivity index (χ0) is 17.4. The van der Waals surface area contributed by atoms with Crippen molar-refractivity contribution in [1.82, 2.24) is 5.32 Å². The molecule has 124 valence electrons. The Kier molecular flexibility index (Phi) is 6.14. The molecule has 2 rings (SSSR count). The van der Waals surface area contributed by atoms with E-state index in [1.54, 1.807) is 48.6 Å². The number of nitrogens with two attached hydrogens (primary N) is 1. The topological polar surface area (TPSA) is 64.3 Å². The van der Waals surface area contributed by atoms with Crippen LogP contribution in [0.25, 0.3) is 6.08 Å². The van der Waals surface area contributed by atoms with E-state index in [2.05, 4.69) is 11.9 Å². The average Bonchev–Trinajstić information content (AvgIpc) is 2.58. The Morgan fingerprint density at radius 1 is 1.29 bits per heavy atom. The summed E-state index contributed by atoms with van der Waals surface area (Å²) in [5.74, 6) is -0.0930. The first kappa shape index (κ1) is 17.3. The normalized spacial score (nSPS) is 10.5. The average molecular weight is 326 g/mol. The Morgan fingerprint density at radius 3 is 2.79 bits per heavy atom. The van der Waals surface area contributed by atoms with Gasteiger partial charge >= 0.3 is 0 Å². The lowest BCUT2D eigenvalue weighted by Crippen LogP contribution is -2.20. The summed E-state index contributed by atoms with van der Waals surface area (Å²) >= 11 is 0. The number of hydrogen-bond donors (Lipinski definition) is 2. The number of benzene rings is 2. The fraction of sp³-hybridized carbons (Fsp3) is 0.105. The van der Waals surface area contributed by atoms with Crippen LogP contribution >= 0.6 is 0 Å². The molecule has 0 aliphatic carbocycles. The second-order valence-corrected chi connectivity index (χ2v) is 5.04. The number of carbonyl (C=O) groups is 1. The third-order valence-electron chi connectivity index (χ3n) is 3.23. The second-order valence-electron chi connectivity index (χ2n) is 5.04. The van der Waals surface area contributed by atoms with Crippen LogP contribution in [0.3, 0.4) is 0 Å². The van der Waals surface area contributed by atoms with Crippen molar-refractivity contribution in [1.29, 1.82) is 0 Å². The van der Waals surface area contributed by atoms with E-state index in [9.17, 15) is 9.18 Å². The summed E-state index contributed by atoms with van der Waals surface area (Å²) in [4.78, 5) is 11.8. The molecule has 0 radical (unpaired) electrons. The summed E-state index contributed by atoms with van der Waals surface area (Å²) in [7, 11) is 0. The lowest BCUT2D eigenvalue weighted by Gasteiger charge is -2.07. The molecular weight excluding hydrogens is 307 g/mol. The van der Waals surface area contributed by atoms with Crippen LogP contribution in [0.1, 0.15) is 11.1 Å². The molecule has 1 amide bonds. The summed E-state index contributed by atoms with van der Waals surface area (Å²) in [6.45, 7) is 4.08. The first-order valence-corrected chi connectivity index (χ1v) is 7.42. The summed E-state index contributed by atoms with van der Waals surface area (Å²) < 4.78 is 18.8. The van der Waals surface area contributed by atoms with Gasteiger partial charge in [-0.15, -0.1) is 0 Å². The molecule has 0 atom stereocenters. The zero-order valence-corrected chi connectivity index (χ0v) is 13.2. The van der Waals surface area contributed by atoms with Gasteiger partial charge in [0.25, 0.3) is 0 Å². The minimum atomic E-state index is -0.343. The smallest absolute Gasteiger partial charge is 0.244 e. The molecule has 0 spiro atoms. The van der Waals surface area contributed by atoms with Crippen LogP contribution in [0.4, 0.5) is 10.1 Å². The van der Waals surface area contributed by atoms with Gasteiger partial charge in [-0.25, -0.2) is 4.39 Å². The van der Waals surface area contributed by atoms with Gasteiger partial charge in [0.15, 0.2) is 0 Å². The molecule has 0 saturated carbocycles. The van der Waals surface area contributed by atoms with Gasteiger partial charge in [-0.3, -0.25) is 4.79 Å². The molecule has 0 aliphatic heterocycles. The largest absolute Gasteiger partial charge is 0.487 e. The van der Waals surface area contributed by atoms with Crippen molar-refractivity contribution in [2.45, 2.75) is 6.54 Å². The first-order valence-electron chi connectivity index (χ1n) is 7.42. The molecule has 0 heterocycles. The van der Waals surface area contributed by atoms with Gasteiger partial charge in [-0.1, -0.05) is 36.9 Å². The molecule has 2 aromatic carbocycles. The molecule has 0 aromatic heterocycles. The van der Waals surface area contributed by atoms with Gasteiger partial charge in [-0.2, -0.15) is 0 Å². The summed E-state index contributed by atoms with van der Waals surface area (Å²) in [5, 5.41) is 2.63. The third kappa shape index (κ3) is 4.98. The fourth-order valence-electron chi connectivity index (χ4n) is 2.01. The number of ether oxygens (including phenoxy) is 1. The molecule has 2 aromatic rings. The third-order valence-corrected chi connectivity index (χ3v) is 3.23. The van der Waals surface area contributed by atoms with Gasteiger partial charge in [-0.05, 0) is 29.8 Å². The molecule has 3 N–H and O–H groups in total. The van der Waals surface area contributed by atoms with E-state index < -0.39 is 0 Å². The van der Waals surface area contributed by atoms with Crippen molar-refractivity contribution in [3.8, 4) is 5.75 Å². The van der Waals surface area contributed by atoms with E-state index in [0.717, 1.165) is 5.56 Å². The van der Waals surface area contributed by atoms with E-state index in [1.807, 2.05) is 0 Å². The van der Waals surface area contributed by atoms with E-state index in [-0.39, 0.29) is 18.3 Å². The Morgan fingerprint density at radius 2 is 2.08 bits per heavy atom. The predicted molar refractivity (Wildman–Crippen MR) is 93.8 cm³/mol. The van der Waals surface area contributed by atoms with Crippen LogP contribution in [0, 0.1) is 5.82 Å². The summed E-state index contributed by atoms with van der Waals surface area (Å²) in [5.41, 5.74) is 7.56. The van der Waals surface area contributed by atoms with Crippen molar-refractivity contribution in [2.24, 2.45) is 0 Å². The van der Waals surface area contributed by atoms with Crippen molar-refractivity contribution < 1.29 is 13.9 Å². The maximum atomic E-state index is 13.5. The SMILES string of the molecule is C=CCOc1ccc(/C=C\C(=O)NCc2ccccc2F)cc1N. The first-order chi connectivity index (χ1) is 11.6. The number of nitrogens with one attached hydrogen (secondary N) is 1. The Hall–Kier alpha value is -3.08. The zero-order valence-electron chi connectivity index (χ0n) is 13.2. The van der Waals surface area contributed by atoms with Crippen LogP contribution in [-0.2, 0) is 11.3 Å². The van der Waals surface area contributed by atoms with Gasteiger partial charge in [0.05, 0.1) is 5.69 Å². The van der Waals surface area contributed by atoms with E-state index in [0.29, 0.717) is 23.6 Å². The summed E-state index contributed by atoms with van der Waals surface area (Å²) in [6.07, 6.45) is 4.64. The number of anilines is 1. The monoisotopic (exact) mass is 326 g/mol. The molecule has 0 unspecified atom stereocenters. The highest BCUT2D eigenvalue weighted by Gasteiger charge is 2.03. The van der Waals surface area contributed by atoms with Crippen molar-refractivity contribution in [3.63, 3.8) is 0 Å². The number of halogens is 1. The highest BCUT2D eigenvalue weighted by molar-refractivity contribution is 5.91. The molecule has 0 fully saturated rings. The maximum absolute atomic E-state index is 13.5. The highest BCUT2D eigenvalue weighted by atomic mass is 19.1. The lowest BCUT2D eigenvalue weighted by atomic mass is 10.1. The molecular formula is C19H19FN2O2. The van der Waals surface area contributed by atoms with Gasteiger partial charge in [0, 0.05) is 18.2 Å². The molecule has 0 bridgehead atoms. The molecule has 5 heteroatoms. The van der Waals surface area contributed by atoms with Crippen LogP contribution in [-0.4, -0.2) is 12.5 Å². The van der Waals surface area contributed by atoms with E-state index in [1.165, 1.54) is 12.1 Å². The molecule has 0 saturated heterocycles. The number of nitrogen functional groups attached to an aromatic ring is 1. The van der Waals surface area contributed by atoms with Crippen molar-refractivity contribution in [2.75, 3.05) is 12.3 Å². The fourth-order valence-corrected chi connectivity index (χ4v) is 2.01. The second kappa shape index (κ2) is 8.53. The maximum Gasteiger partial charge on any atom is 0.244 e. The lowest BCUT2D eigenvalue weighted by molar-refractivity contribution is -0.116. The molecule has 0 aliphatic rings. The van der Waals surface area contributed by atoms with Gasteiger partial charge < -0.3 is 15.8 Å². The highest BCUT2D eigenvalue weighted by Crippen LogP contribution is 2.23. The number of amides is 1. The summed E-state index contributed by atoms with van der Waals surface area (Å²) in [6, 6.07) is 11.5. The van der Waals surface area contributed by atoms with Crippen LogP contribution in [0.15, 0.2) is 61.2 Å². The van der Waals surface area contributed by atoms with Crippen molar-refractivity contribution in [3.05, 3.63) is 78.1 Å². The minimum absolute atomic E-state index is 0.131. The molecule has 24 heavy (non-hydrogen) atoms. The van der Waals surface area contributed by atoms with E-state index in [4.69, 9.17) is 10.5 Å². The Bertz CT molecular complexity index is 757. The standard InChI is InChI=1S/C19H19FN2O2/c1-2-11-24-18-9-7-14(12-17(18)21)8-10-19(23)22-13-15-5-3-4-6-16(15)20/h2-10,12H,1,11,13,21H2,(H,22,23)/b10-8-. The predicted octanol–water partition coefficient (Wildman–Crippen LogP) is 3.30. The Labute approximate surface area is 140 Å². The van der Waals surface area contributed by atoms with Crippen molar-refractivity contribution >= 4 is 17.7 Å². The minimum Gasteiger partial charge on any atom is -0.487 e. The van der Waals surface area contributed by atoms with E-state index >= 15 is 0 Å². The van der Waals surface area contributed by atoms with Gasteiger partial charge in [0.2, 0.25) is 5.91 Å². The van der Waals surface area contributed by atoms with Crippen LogP contribution in [0.2, 0.25) is 0 Å². The Balaban J connectivity index is 1.92. The van der Waals surface area contributed by atoms with Crippen LogP contribution < -0.4 is 15.8 Å². The quantitative estimate of drug-likeness (QED) is 0.466. The van der Waals surface area contributed by atoms with Gasteiger partial charge in [0.1, 0.15) is 18.2 Å². The number of hydrogen-bond acceptors (Lipinski definition) is 3. The number of rotatable bonds is 7. The van der Waals surface area contributed by atoms with Crippen LogP contribution in [0.5, 0.6) is 5.75 Å². The molecule has 4 nitrogen and oxygen atoms in total.